The van der Waals surface area contributed by atoms with Crippen molar-refractivity contribution >= 4 is 31.9 Å². The van der Waals surface area contributed by atoms with E-state index < -0.39 is 0 Å². The van der Waals surface area contributed by atoms with Crippen molar-refractivity contribution in [2.24, 2.45) is 5.73 Å². The third-order valence-electron chi connectivity index (χ3n) is 3.48. The molecule has 0 radical (unpaired) electrons. The number of hydrogen-bond acceptors (Lipinski definition) is 2. The summed E-state index contributed by atoms with van der Waals surface area (Å²) in [5, 5.41) is 0. The van der Waals surface area contributed by atoms with Crippen LogP contribution in [0.5, 0.6) is 0 Å². The van der Waals surface area contributed by atoms with Crippen LogP contribution >= 0.6 is 31.9 Å². The Hall–Kier alpha value is -0.680. The van der Waals surface area contributed by atoms with Crippen LogP contribution in [-0.4, -0.2) is 18.0 Å². The molecule has 2 rings (SSSR count). The van der Waals surface area contributed by atoms with Crippen LogP contribution in [0.3, 0.4) is 0 Å². The lowest BCUT2D eigenvalue weighted by Crippen LogP contribution is -2.36. The van der Waals surface area contributed by atoms with Crippen molar-refractivity contribution in [3.63, 3.8) is 0 Å². The Labute approximate surface area is 143 Å². The molecule has 2 aromatic rings. The molecule has 0 fully saturated rings. The molecule has 2 N–H and O–H groups in total. The highest BCUT2D eigenvalue weighted by Gasteiger charge is 2.21. The number of benzene rings is 2. The number of hydrogen-bond donors (Lipinski definition) is 1. The Morgan fingerprint density at radius 3 is 2.24 bits per heavy atom. The van der Waals surface area contributed by atoms with E-state index in [-0.39, 0.29) is 12.1 Å². The molecule has 0 bridgehead atoms. The van der Waals surface area contributed by atoms with Gasteiger partial charge in [0.2, 0.25) is 0 Å². The molecule has 2 nitrogen and oxygen atoms in total. The number of rotatable bonds is 5. The fourth-order valence-corrected chi connectivity index (χ4v) is 3.54. The zero-order valence-electron chi connectivity index (χ0n) is 12.3. The minimum absolute atomic E-state index is 0.0523. The van der Waals surface area contributed by atoms with E-state index in [1.54, 1.807) is 0 Å². The van der Waals surface area contributed by atoms with Gasteiger partial charge in [0.05, 0.1) is 0 Å². The molecule has 0 aromatic heterocycles. The number of nitrogens with zero attached hydrogens (tertiary/aromatic N) is 1. The van der Waals surface area contributed by atoms with E-state index in [1.165, 1.54) is 11.1 Å². The molecule has 0 saturated carbocycles. The summed E-state index contributed by atoms with van der Waals surface area (Å²) in [6, 6.07) is 17.0. The normalized spacial score (nSPS) is 14.2. The largest absolute Gasteiger partial charge is 0.326 e. The first-order valence-electron chi connectivity index (χ1n) is 6.93. The first-order valence-corrected chi connectivity index (χ1v) is 8.51. The van der Waals surface area contributed by atoms with Crippen molar-refractivity contribution in [3.05, 3.63) is 68.6 Å². The zero-order chi connectivity index (χ0) is 15.4. The number of likely N-dealkylation sites (N-methyl/N-ethyl adjacent to an activating group) is 1. The summed E-state index contributed by atoms with van der Waals surface area (Å²) in [6.07, 6.45) is 0. The van der Waals surface area contributed by atoms with Crippen molar-refractivity contribution in [3.8, 4) is 0 Å². The van der Waals surface area contributed by atoms with Crippen LogP contribution in [0.25, 0.3) is 0 Å². The van der Waals surface area contributed by atoms with Crippen molar-refractivity contribution < 1.29 is 0 Å². The molecule has 0 aliphatic heterocycles. The predicted octanol–water partition coefficient (Wildman–Crippen LogP) is 4.73. The highest BCUT2D eigenvalue weighted by atomic mass is 79.9. The van der Waals surface area contributed by atoms with Crippen molar-refractivity contribution in [1.82, 2.24) is 4.90 Å². The first-order chi connectivity index (χ1) is 9.97. The van der Waals surface area contributed by atoms with Crippen LogP contribution in [0.4, 0.5) is 0 Å². The maximum atomic E-state index is 6.24. The summed E-state index contributed by atoms with van der Waals surface area (Å²) in [5.74, 6) is 0. The highest BCUT2D eigenvalue weighted by Crippen LogP contribution is 2.26. The van der Waals surface area contributed by atoms with Crippen LogP contribution in [0.2, 0.25) is 0 Å². The average molecular weight is 412 g/mol. The molecular weight excluding hydrogens is 392 g/mol. The van der Waals surface area contributed by atoms with Gasteiger partial charge in [0.25, 0.3) is 0 Å². The minimum Gasteiger partial charge on any atom is -0.326 e. The second-order valence-electron chi connectivity index (χ2n) is 5.40. The second kappa shape index (κ2) is 7.54. The number of nitrogens with two attached hydrogens (primary N) is 1. The van der Waals surface area contributed by atoms with Gasteiger partial charge in [0.15, 0.2) is 0 Å². The summed E-state index contributed by atoms with van der Waals surface area (Å²) >= 11 is 7.06. The second-order valence-corrected chi connectivity index (χ2v) is 7.24. The summed E-state index contributed by atoms with van der Waals surface area (Å²) in [5.41, 5.74) is 8.74. The molecule has 4 heteroatoms. The van der Waals surface area contributed by atoms with Gasteiger partial charge in [-0.15, -0.1) is 0 Å². The topological polar surface area (TPSA) is 29.3 Å². The summed E-state index contributed by atoms with van der Waals surface area (Å²) in [6.45, 7) is 2.92. The molecule has 2 atom stereocenters. The lowest BCUT2D eigenvalue weighted by atomic mass is 9.99. The molecule has 0 aliphatic carbocycles. The van der Waals surface area contributed by atoms with Crippen LogP contribution in [-0.2, 0) is 6.54 Å². The molecule has 2 unspecified atom stereocenters. The van der Waals surface area contributed by atoms with E-state index in [9.17, 15) is 0 Å². The first kappa shape index (κ1) is 16.7. The van der Waals surface area contributed by atoms with Crippen molar-refractivity contribution in [1.29, 1.82) is 0 Å². The van der Waals surface area contributed by atoms with Gasteiger partial charge in [0, 0.05) is 27.6 Å². The molecule has 2 aromatic carbocycles. The lowest BCUT2D eigenvalue weighted by molar-refractivity contribution is 0.211. The van der Waals surface area contributed by atoms with Gasteiger partial charge in [-0.3, -0.25) is 4.90 Å². The smallest absolute Gasteiger partial charge is 0.0497 e. The molecule has 112 valence electrons. The van der Waals surface area contributed by atoms with Gasteiger partial charge in [0.1, 0.15) is 0 Å². The van der Waals surface area contributed by atoms with Gasteiger partial charge < -0.3 is 5.73 Å². The standard InChI is InChI=1S/C17H20Br2N2/c1-12(20)17(14-6-4-8-16(19)10-14)21(2)11-13-5-3-7-15(18)9-13/h3-10,12,17H,11,20H2,1-2H3. The Bertz CT molecular complexity index is 599. The van der Waals surface area contributed by atoms with E-state index in [2.05, 4.69) is 87.1 Å². The van der Waals surface area contributed by atoms with Gasteiger partial charge in [-0.25, -0.2) is 0 Å². The molecule has 0 amide bonds. The predicted molar refractivity (Wildman–Crippen MR) is 96.1 cm³/mol. The van der Waals surface area contributed by atoms with E-state index >= 15 is 0 Å². The Kier molecular flexibility index (Phi) is 5.99. The van der Waals surface area contributed by atoms with E-state index in [4.69, 9.17) is 5.73 Å². The van der Waals surface area contributed by atoms with Crippen molar-refractivity contribution in [2.45, 2.75) is 25.6 Å². The average Bonchev–Trinajstić information content (AvgIpc) is 2.38. The van der Waals surface area contributed by atoms with Crippen LogP contribution in [0.1, 0.15) is 24.1 Å². The van der Waals surface area contributed by atoms with E-state index in [0.717, 1.165) is 15.5 Å². The maximum Gasteiger partial charge on any atom is 0.0497 e. The highest BCUT2D eigenvalue weighted by molar-refractivity contribution is 9.10. The van der Waals surface area contributed by atoms with Crippen LogP contribution in [0, 0.1) is 0 Å². The third-order valence-corrected chi connectivity index (χ3v) is 4.47. The van der Waals surface area contributed by atoms with E-state index in [0.29, 0.717) is 0 Å². The fraction of sp³-hybridized carbons (Fsp3) is 0.294. The molecule has 21 heavy (non-hydrogen) atoms. The molecular formula is C17H20Br2N2. The summed E-state index contributed by atoms with van der Waals surface area (Å²) in [4.78, 5) is 2.30. The van der Waals surface area contributed by atoms with Gasteiger partial charge in [-0.05, 0) is 49.4 Å². The minimum atomic E-state index is 0.0523. The molecule has 0 saturated heterocycles. The molecule has 0 heterocycles. The SMILES string of the molecule is CC(N)C(c1cccc(Br)c1)N(C)Cc1cccc(Br)c1. The maximum absolute atomic E-state index is 6.24. The van der Waals surface area contributed by atoms with E-state index in [1.807, 2.05) is 12.1 Å². The Balaban J connectivity index is 2.22. The van der Waals surface area contributed by atoms with Crippen LogP contribution < -0.4 is 5.73 Å². The van der Waals surface area contributed by atoms with Crippen molar-refractivity contribution in [2.75, 3.05) is 7.05 Å². The monoisotopic (exact) mass is 410 g/mol. The fourth-order valence-electron chi connectivity index (χ4n) is 2.67. The lowest BCUT2D eigenvalue weighted by Gasteiger charge is -2.31. The van der Waals surface area contributed by atoms with Gasteiger partial charge in [-0.2, -0.15) is 0 Å². The molecule has 0 spiro atoms. The van der Waals surface area contributed by atoms with Crippen LogP contribution in [0.15, 0.2) is 57.5 Å². The Morgan fingerprint density at radius 1 is 1.05 bits per heavy atom. The summed E-state index contributed by atoms with van der Waals surface area (Å²) < 4.78 is 2.19. The summed E-state index contributed by atoms with van der Waals surface area (Å²) in [7, 11) is 2.12. The third kappa shape index (κ3) is 4.65. The number of halogens is 2. The molecule has 0 aliphatic rings. The quantitative estimate of drug-likeness (QED) is 0.770. The van der Waals surface area contributed by atoms with Gasteiger partial charge >= 0.3 is 0 Å². The zero-order valence-corrected chi connectivity index (χ0v) is 15.4. The Morgan fingerprint density at radius 2 is 1.67 bits per heavy atom. The van der Waals surface area contributed by atoms with Gasteiger partial charge in [-0.1, -0.05) is 56.1 Å².